The van der Waals surface area contributed by atoms with Gasteiger partial charge in [-0.2, -0.15) is 0 Å². The van der Waals surface area contributed by atoms with Crippen molar-refractivity contribution in [2.24, 2.45) is 0 Å². The number of carbonyl (C=O) groups is 1. The van der Waals surface area contributed by atoms with E-state index in [2.05, 4.69) is 11.9 Å². The number of amides is 1. The molecule has 1 amide bonds. The lowest BCUT2D eigenvalue weighted by atomic mass is 10.2. The number of hydrogen-bond acceptors (Lipinski definition) is 3. The van der Waals surface area contributed by atoms with E-state index in [9.17, 15) is 4.79 Å². The van der Waals surface area contributed by atoms with Crippen molar-refractivity contribution in [2.75, 3.05) is 13.6 Å². The summed E-state index contributed by atoms with van der Waals surface area (Å²) in [5.74, 6) is 0.219. The second-order valence-corrected chi connectivity index (χ2v) is 4.37. The molecule has 0 radical (unpaired) electrons. The molecule has 0 aliphatic rings. The number of hydrogen-bond donors (Lipinski definition) is 0. The molecule has 0 aliphatic heterocycles. The lowest BCUT2D eigenvalue weighted by Crippen LogP contribution is -2.27. The second-order valence-electron chi connectivity index (χ2n) is 3.65. The Kier molecular flexibility index (Phi) is 5.32. The van der Waals surface area contributed by atoms with Crippen molar-refractivity contribution in [3.05, 3.63) is 16.6 Å². The topological polar surface area (TPSA) is 33.2 Å². The van der Waals surface area contributed by atoms with Crippen molar-refractivity contribution in [3.63, 3.8) is 0 Å². The van der Waals surface area contributed by atoms with Gasteiger partial charge < -0.3 is 4.90 Å². The van der Waals surface area contributed by atoms with Gasteiger partial charge in [-0.15, -0.1) is 11.3 Å². The van der Waals surface area contributed by atoms with Crippen LogP contribution in [0, 0.1) is 0 Å². The number of aromatic nitrogens is 1. The molecule has 0 saturated carbocycles. The van der Waals surface area contributed by atoms with Crippen molar-refractivity contribution in [3.8, 4) is 0 Å². The number of thiazole rings is 1. The van der Waals surface area contributed by atoms with Crippen LogP contribution in [0.15, 0.2) is 10.9 Å². The summed E-state index contributed by atoms with van der Waals surface area (Å²) in [6.07, 6.45) is 3.55. The van der Waals surface area contributed by atoms with Gasteiger partial charge in [0.1, 0.15) is 0 Å². The van der Waals surface area contributed by atoms with Crippen LogP contribution in [0.3, 0.4) is 0 Å². The van der Waals surface area contributed by atoms with Crippen LogP contribution in [0.1, 0.15) is 31.9 Å². The summed E-state index contributed by atoms with van der Waals surface area (Å²) in [4.78, 5) is 17.6. The molecular weight excluding hydrogens is 208 g/mol. The molecule has 1 aromatic rings. The van der Waals surface area contributed by atoms with Gasteiger partial charge in [-0.05, 0) is 12.8 Å². The molecule has 1 rings (SSSR count). The van der Waals surface area contributed by atoms with Crippen molar-refractivity contribution in [2.45, 2.75) is 32.6 Å². The maximum absolute atomic E-state index is 11.6. The van der Waals surface area contributed by atoms with E-state index in [-0.39, 0.29) is 5.91 Å². The van der Waals surface area contributed by atoms with E-state index in [1.807, 2.05) is 17.3 Å². The Bertz CT molecular complexity index is 285. The molecule has 0 N–H and O–H groups in total. The van der Waals surface area contributed by atoms with Gasteiger partial charge in [0.05, 0.1) is 11.2 Å². The number of unbranched alkanes of at least 4 members (excludes halogenated alkanes) is 1. The lowest BCUT2D eigenvalue weighted by Gasteiger charge is -2.16. The summed E-state index contributed by atoms with van der Waals surface area (Å²) < 4.78 is 0. The fourth-order valence-electron chi connectivity index (χ4n) is 1.31. The van der Waals surface area contributed by atoms with Crippen molar-refractivity contribution in [1.29, 1.82) is 0 Å². The van der Waals surface area contributed by atoms with Gasteiger partial charge in [0.2, 0.25) is 5.91 Å². The highest BCUT2D eigenvalue weighted by molar-refractivity contribution is 7.07. The van der Waals surface area contributed by atoms with Crippen LogP contribution < -0.4 is 0 Å². The minimum Gasteiger partial charge on any atom is -0.346 e. The molecule has 4 heteroatoms. The highest BCUT2D eigenvalue weighted by atomic mass is 32.1. The SMILES string of the molecule is CCCCN(C)C(=O)CCc1cscn1. The van der Waals surface area contributed by atoms with Crippen molar-refractivity contribution < 1.29 is 4.79 Å². The molecule has 0 atom stereocenters. The Hall–Kier alpha value is -0.900. The average molecular weight is 226 g/mol. The normalized spacial score (nSPS) is 10.3. The Morgan fingerprint density at radius 2 is 2.40 bits per heavy atom. The molecule has 0 spiro atoms. The fourth-order valence-corrected chi connectivity index (χ4v) is 1.90. The smallest absolute Gasteiger partial charge is 0.222 e. The molecule has 0 bridgehead atoms. The monoisotopic (exact) mass is 226 g/mol. The van der Waals surface area contributed by atoms with Crippen LogP contribution in [0.2, 0.25) is 0 Å². The first-order chi connectivity index (χ1) is 7.24. The highest BCUT2D eigenvalue weighted by Crippen LogP contribution is 2.05. The van der Waals surface area contributed by atoms with E-state index < -0.39 is 0 Å². The quantitative estimate of drug-likeness (QED) is 0.746. The molecule has 0 aliphatic carbocycles. The van der Waals surface area contributed by atoms with Crippen LogP contribution >= 0.6 is 11.3 Å². The zero-order valence-corrected chi connectivity index (χ0v) is 10.2. The Morgan fingerprint density at radius 1 is 1.60 bits per heavy atom. The van der Waals surface area contributed by atoms with Crippen LogP contribution in [-0.2, 0) is 11.2 Å². The van der Waals surface area contributed by atoms with E-state index in [1.54, 1.807) is 16.8 Å². The Balaban J connectivity index is 2.23. The van der Waals surface area contributed by atoms with Crippen molar-refractivity contribution >= 4 is 17.2 Å². The van der Waals surface area contributed by atoms with Crippen LogP contribution in [0.5, 0.6) is 0 Å². The third-order valence-corrected chi connectivity index (χ3v) is 2.99. The lowest BCUT2D eigenvalue weighted by molar-refractivity contribution is -0.129. The highest BCUT2D eigenvalue weighted by Gasteiger charge is 2.08. The molecule has 1 aromatic heterocycles. The van der Waals surface area contributed by atoms with Crippen LogP contribution in [-0.4, -0.2) is 29.4 Å². The van der Waals surface area contributed by atoms with Gasteiger partial charge in [-0.25, -0.2) is 4.98 Å². The third-order valence-electron chi connectivity index (χ3n) is 2.35. The van der Waals surface area contributed by atoms with E-state index in [1.165, 1.54) is 0 Å². The maximum atomic E-state index is 11.6. The number of rotatable bonds is 6. The maximum Gasteiger partial charge on any atom is 0.222 e. The Morgan fingerprint density at radius 3 is 3.00 bits per heavy atom. The van der Waals surface area contributed by atoms with Gasteiger partial charge >= 0.3 is 0 Å². The average Bonchev–Trinajstić information content (AvgIpc) is 2.75. The van der Waals surface area contributed by atoms with Gasteiger partial charge in [0.25, 0.3) is 0 Å². The summed E-state index contributed by atoms with van der Waals surface area (Å²) >= 11 is 1.58. The first-order valence-electron chi connectivity index (χ1n) is 5.35. The fraction of sp³-hybridized carbons (Fsp3) is 0.636. The minimum atomic E-state index is 0.219. The summed E-state index contributed by atoms with van der Waals surface area (Å²) in [5, 5.41) is 2.00. The van der Waals surface area contributed by atoms with E-state index >= 15 is 0 Å². The largest absolute Gasteiger partial charge is 0.346 e. The summed E-state index contributed by atoms with van der Waals surface area (Å²) in [6.45, 7) is 3.00. The Labute approximate surface area is 95.1 Å². The molecule has 3 nitrogen and oxygen atoms in total. The van der Waals surface area contributed by atoms with Gasteiger partial charge in [-0.1, -0.05) is 13.3 Å². The molecule has 0 fully saturated rings. The molecular formula is C11H18N2OS. The zero-order valence-electron chi connectivity index (χ0n) is 9.40. The molecule has 0 saturated heterocycles. The number of nitrogens with zero attached hydrogens (tertiary/aromatic N) is 2. The zero-order chi connectivity index (χ0) is 11.1. The molecule has 0 unspecified atom stereocenters. The second kappa shape index (κ2) is 6.56. The molecule has 0 aromatic carbocycles. The van der Waals surface area contributed by atoms with E-state index in [4.69, 9.17) is 0 Å². The summed E-state index contributed by atoms with van der Waals surface area (Å²) in [5.41, 5.74) is 2.83. The number of aryl methyl sites for hydroxylation is 1. The standard InChI is InChI=1S/C11H18N2OS/c1-3-4-7-13(2)11(14)6-5-10-8-15-9-12-10/h8-9H,3-7H2,1-2H3. The first-order valence-corrected chi connectivity index (χ1v) is 6.29. The van der Waals surface area contributed by atoms with E-state index in [0.29, 0.717) is 6.42 Å². The van der Waals surface area contributed by atoms with Gasteiger partial charge in [0, 0.05) is 25.4 Å². The number of carbonyl (C=O) groups excluding carboxylic acids is 1. The molecule has 84 valence electrons. The minimum absolute atomic E-state index is 0.219. The van der Waals surface area contributed by atoms with Crippen molar-refractivity contribution in [1.82, 2.24) is 9.88 Å². The summed E-state index contributed by atoms with van der Waals surface area (Å²) in [7, 11) is 1.87. The first kappa shape index (κ1) is 12.2. The van der Waals surface area contributed by atoms with Gasteiger partial charge in [0.15, 0.2) is 0 Å². The predicted octanol–water partition coefficient (Wildman–Crippen LogP) is 2.33. The third kappa shape index (κ3) is 4.42. The van der Waals surface area contributed by atoms with E-state index in [0.717, 1.165) is 31.5 Å². The molecule has 15 heavy (non-hydrogen) atoms. The van der Waals surface area contributed by atoms with Gasteiger partial charge in [-0.3, -0.25) is 4.79 Å². The predicted molar refractivity (Wildman–Crippen MR) is 63.0 cm³/mol. The summed E-state index contributed by atoms with van der Waals surface area (Å²) in [6, 6.07) is 0. The molecule has 1 heterocycles. The van der Waals surface area contributed by atoms with Crippen LogP contribution in [0.4, 0.5) is 0 Å². The van der Waals surface area contributed by atoms with Crippen LogP contribution in [0.25, 0.3) is 0 Å².